The van der Waals surface area contributed by atoms with E-state index in [9.17, 15) is 9.59 Å². The summed E-state index contributed by atoms with van der Waals surface area (Å²) in [5.41, 5.74) is 0.766. The molecule has 26 heavy (non-hydrogen) atoms. The average Bonchev–Trinajstić information content (AvgIpc) is 3.09. The number of carbonyl (C=O) groups is 2. The second-order valence-electron chi connectivity index (χ2n) is 5.75. The van der Waals surface area contributed by atoms with Gasteiger partial charge in [-0.15, -0.1) is 11.3 Å². The Morgan fingerprint density at radius 3 is 2.58 bits per heavy atom. The van der Waals surface area contributed by atoms with Gasteiger partial charge >= 0.3 is 0 Å². The van der Waals surface area contributed by atoms with E-state index in [1.807, 2.05) is 13.8 Å². The summed E-state index contributed by atoms with van der Waals surface area (Å²) in [4.78, 5) is 28.4. The quantitative estimate of drug-likeness (QED) is 0.656. The second kappa shape index (κ2) is 9.88. The van der Waals surface area contributed by atoms with Crippen LogP contribution in [0.4, 0.5) is 5.13 Å². The van der Waals surface area contributed by atoms with Crippen LogP contribution in [-0.2, 0) is 4.74 Å². The minimum atomic E-state index is -0.292. The number of aromatic nitrogens is 1. The van der Waals surface area contributed by atoms with Gasteiger partial charge in [-0.05, 0) is 44.5 Å². The number of anilines is 1. The number of benzene rings is 1. The molecule has 1 aromatic heterocycles. The third kappa shape index (κ3) is 6.12. The molecule has 0 aliphatic heterocycles. The van der Waals surface area contributed by atoms with Crippen molar-refractivity contribution in [1.82, 2.24) is 10.3 Å². The average molecular weight is 377 g/mol. The van der Waals surface area contributed by atoms with Crippen molar-refractivity contribution in [2.45, 2.75) is 26.4 Å². The van der Waals surface area contributed by atoms with Gasteiger partial charge in [0.05, 0.1) is 13.2 Å². The zero-order valence-corrected chi connectivity index (χ0v) is 15.9. The summed E-state index contributed by atoms with van der Waals surface area (Å²) in [7, 11) is 1.56. The lowest BCUT2D eigenvalue weighted by molar-refractivity contribution is 0.0756. The lowest BCUT2D eigenvalue weighted by atomic mass is 10.2. The highest BCUT2D eigenvalue weighted by Crippen LogP contribution is 2.17. The van der Waals surface area contributed by atoms with E-state index in [0.29, 0.717) is 29.6 Å². The molecule has 2 amide bonds. The highest BCUT2D eigenvalue weighted by molar-refractivity contribution is 7.14. The van der Waals surface area contributed by atoms with Gasteiger partial charge in [-0.1, -0.05) is 0 Å². The zero-order chi connectivity index (χ0) is 18.9. The van der Waals surface area contributed by atoms with Gasteiger partial charge in [-0.25, -0.2) is 4.98 Å². The fourth-order valence-electron chi connectivity index (χ4n) is 2.03. The van der Waals surface area contributed by atoms with Gasteiger partial charge in [0.15, 0.2) is 5.13 Å². The Bertz CT molecular complexity index is 728. The van der Waals surface area contributed by atoms with Crippen LogP contribution in [0.15, 0.2) is 29.6 Å². The first-order chi connectivity index (χ1) is 12.5. The van der Waals surface area contributed by atoms with Crippen molar-refractivity contribution in [3.63, 3.8) is 0 Å². The fraction of sp³-hybridized carbons (Fsp3) is 0.389. The van der Waals surface area contributed by atoms with Crippen LogP contribution in [0.2, 0.25) is 0 Å². The van der Waals surface area contributed by atoms with Crippen LogP contribution in [0.3, 0.4) is 0 Å². The van der Waals surface area contributed by atoms with Crippen LogP contribution in [-0.4, -0.2) is 43.2 Å². The number of methoxy groups -OCH3 is 1. The molecular weight excluding hydrogens is 354 g/mol. The summed E-state index contributed by atoms with van der Waals surface area (Å²) in [6.45, 7) is 5.04. The molecular formula is C18H23N3O4S. The van der Waals surface area contributed by atoms with Crippen molar-refractivity contribution < 1.29 is 19.1 Å². The van der Waals surface area contributed by atoms with Crippen LogP contribution < -0.4 is 15.4 Å². The van der Waals surface area contributed by atoms with Crippen molar-refractivity contribution >= 4 is 28.3 Å². The lowest BCUT2D eigenvalue weighted by Gasteiger charge is -2.07. The molecule has 2 aromatic rings. The van der Waals surface area contributed by atoms with E-state index in [-0.39, 0.29) is 23.6 Å². The van der Waals surface area contributed by atoms with Gasteiger partial charge < -0.3 is 14.8 Å². The Balaban J connectivity index is 1.82. The van der Waals surface area contributed by atoms with Crippen LogP contribution >= 0.6 is 11.3 Å². The molecule has 2 rings (SSSR count). The van der Waals surface area contributed by atoms with E-state index in [1.165, 1.54) is 11.3 Å². The third-order valence-corrected chi connectivity index (χ3v) is 4.13. The zero-order valence-electron chi connectivity index (χ0n) is 15.1. The van der Waals surface area contributed by atoms with E-state index in [4.69, 9.17) is 9.47 Å². The summed E-state index contributed by atoms with van der Waals surface area (Å²) in [5.74, 6) is 0.115. The van der Waals surface area contributed by atoms with Gasteiger partial charge in [-0.2, -0.15) is 0 Å². The summed E-state index contributed by atoms with van der Waals surface area (Å²) in [6.07, 6.45) is 0.913. The molecule has 0 unspecified atom stereocenters. The molecule has 0 radical (unpaired) electrons. The normalized spacial score (nSPS) is 10.6. The predicted molar refractivity (Wildman–Crippen MR) is 101 cm³/mol. The monoisotopic (exact) mass is 377 g/mol. The van der Waals surface area contributed by atoms with Crippen LogP contribution in [0.5, 0.6) is 5.75 Å². The first-order valence-electron chi connectivity index (χ1n) is 8.30. The number of ether oxygens (including phenoxy) is 2. The molecule has 2 N–H and O–H groups in total. The summed E-state index contributed by atoms with van der Waals surface area (Å²) in [6, 6.07) is 6.74. The minimum Gasteiger partial charge on any atom is -0.497 e. The van der Waals surface area contributed by atoms with Crippen molar-refractivity contribution in [2.75, 3.05) is 25.6 Å². The molecule has 0 atom stereocenters. The molecule has 1 aromatic carbocycles. The Kier molecular flexibility index (Phi) is 7.55. The number of hydrogen-bond acceptors (Lipinski definition) is 6. The van der Waals surface area contributed by atoms with Crippen LogP contribution in [0, 0.1) is 0 Å². The first kappa shape index (κ1) is 19.9. The maximum atomic E-state index is 12.2. The van der Waals surface area contributed by atoms with Crippen molar-refractivity contribution in [3.05, 3.63) is 40.9 Å². The number of hydrogen-bond donors (Lipinski definition) is 2. The predicted octanol–water partition coefficient (Wildman–Crippen LogP) is 2.95. The maximum absolute atomic E-state index is 12.2. The Hall–Kier alpha value is -2.45. The summed E-state index contributed by atoms with van der Waals surface area (Å²) >= 11 is 1.20. The number of nitrogens with one attached hydrogen (secondary N) is 2. The van der Waals surface area contributed by atoms with Gasteiger partial charge in [0, 0.05) is 24.1 Å². The summed E-state index contributed by atoms with van der Waals surface area (Å²) in [5, 5.41) is 7.46. The van der Waals surface area contributed by atoms with Crippen molar-refractivity contribution in [1.29, 1.82) is 0 Å². The van der Waals surface area contributed by atoms with E-state index >= 15 is 0 Å². The highest BCUT2D eigenvalue weighted by Gasteiger charge is 2.13. The van der Waals surface area contributed by atoms with Gasteiger partial charge in [-0.3, -0.25) is 14.9 Å². The van der Waals surface area contributed by atoms with Crippen molar-refractivity contribution in [2.24, 2.45) is 0 Å². The molecule has 0 bridgehead atoms. The number of thiazole rings is 1. The number of carbonyl (C=O) groups excluding carboxylic acids is 2. The minimum absolute atomic E-state index is 0.182. The van der Waals surface area contributed by atoms with Crippen LogP contribution in [0.25, 0.3) is 0 Å². The summed E-state index contributed by atoms with van der Waals surface area (Å²) < 4.78 is 10.5. The lowest BCUT2D eigenvalue weighted by Crippen LogP contribution is -2.26. The highest BCUT2D eigenvalue weighted by atomic mass is 32.1. The first-order valence-corrected chi connectivity index (χ1v) is 9.18. The number of rotatable bonds is 9. The molecule has 140 valence electrons. The standard InChI is InChI=1S/C18H23N3O4S/c1-12(2)25-10-4-9-19-17(23)15-11-26-18(20-15)21-16(22)13-5-7-14(24-3)8-6-13/h5-8,11-12H,4,9-10H2,1-3H3,(H,19,23)(H,20,21,22). The molecule has 0 aliphatic carbocycles. The second-order valence-corrected chi connectivity index (χ2v) is 6.61. The molecule has 0 aliphatic rings. The Morgan fingerprint density at radius 1 is 1.19 bits per heavy atom. The van der Waals surface area contributed by atoms with E-state index in [2.05, 4.69) is 15.6 Å². The number of nitrogens with zero attached hydrogens (tertiary/aromatic N) is 1. The smallest absolute Gasteiger partial charge is 0.270 e. The van der Waals surface area contributed by atoms with Gasteiger partial charge in [0.2, 0.25) is 0 Å². The SMILES string of the molecule is COc1ccc(C(=O)Nc2nc(C(=O)NCCCOC(C)C)cs2)cc1. The van der Waals surface area contributed by atoms with Gasteiger partial charge in [0.25, 0.3) is 11.8 Å². The molecule has 1 heterocycles. The fourth-order valence-corrected chi connectivity index (χ4v) is 2.72. The van der Waals surface area contributed by atoms with E-state index < -0.39 is 0 Å². The number of amides is 2. The van der Waals surface area contributed by atoms with E-state index in [0.717, 1.165) is 6.42 Å². The molecule has 8 heteroatoms. The molecule has 0 spiro atoms. The molecule has 0 saturated heterocycles. The van der Waals surface area contributed by atoms with Crippen LogP contribution in [0.1, 0.15) is 41.1 Å². The largest absolute Gasteiger partial charge is 0.497 e. The Labute approximate surface area is 156 Å². The molecule has 7 nitrogen and oxygen atoms in total. The molecule has 0 fully saturated rings. The van der Waals surface area contributed by atoms with Crippen molar-refractivity contribution in [3.8, 4) is 5.75 Å². The van der Waals surface area contributed by atoms with Gasteiger partial charge in [0.1, 0.15) is 11.4 Å². The molecule has 0 saturated carbocycles. The Morgan fingerprint density at radius 2 is 1.92 bits per heavy atom. The maximum Gasteiger partial charge on any atom is 0.270 e. The third-order valence-electron chi connectivity index (χ3n) is 3.37. The topological polar surface area (TPSA) is 89.5 Å². The van der Waals surface area contributed by atoms with E-state index in [1.54, 1.807) is 36.8 Å².